The van der Waals surface area contributed by atoms with E-state index >= 15 is 0 Å². The molecule has 1 saturated heterocycles. The van der Waals surface area contributed by atoms with Crippen LogP contribution in [0, 0.1) is 0 Å². The van der Waals surface area contributed by atoms with Gasteiger partial charge in [-0.25, -0.2) is 18.4 Å². The number of nitrogens with one attached hydrogen (secondary N) is 1. The molecule has 3 heterocycles. The van der Waals surface area contributed by atoms with Crippen LogP contribution in [0.15, 0.2) is 70.6 Å². The van der Waals surface area contributed by atoms with Crippen molar-refractivity contribution in [2.45, 2.75) is 35.2 Å². The van der Waals surface area contributed by atoms with Crippen LogP contribution < -0.4 is 5.32 Å². The molecule has 1 aromatic carbocycles. The van der Waals surface area contributed by atoms with Crippen molar-refractivity contribution in [1.29, 1.82) is 0 Å². The highest BCUT2D eigenvalue weighted by atomic mass is 32.2. The van der Waals surface area contributed by atoms with Crippen LogP contribution in [0.5, 0.6) is 0 Å². The zero-order valence-electron chi connectivity index (χ0n) is 20.4. The van der Waals surface area contributed by atoms with Gasteiger partial charge in [0.1, 0.15) is 10.7 Å². The van der Waals surface area contributed by atoms with E-state index in [1.54, 1.807) is 35.9 Å². The van der Waals surface area contributed by atoms with Crippen molar-refractivity contribution in [3.63, 3.8) is 0 Å². The van der Waals surface area contributed by atoms with Gasteiger partial charge >= 0.3 is 0 Å². The molecule has 1 N–H and O–H groups in total. The molecule has 1 aliphatic rings. The van der Waals surface area contributed by atoms with Gasteiger partial charge in [-0.15, -0.1) is 29.7 Å². The lowest BCUT2D eigenvalue weighted by atomic mass is 9.97. The van der Waals surface area contributed by atoms with Crippen molar-refractivity contribution in [3.8, 4) is 0 Å². The zero-order valence-corrected chi connectivity index (χ0v) is 22.9. The van der Waals surface area contributed by atoms with Gasteiger partial charge in [-0.2, -0.15) is 0 Å². The first-order chi connectivity index (χ1) is 17.8. The Balaban J connectivity index is 1.31. The number of benzene rings is 1. The predicted molar refractivity (Wildman–Crippen MR) is 146 cm³/mol. The van der Waals surface area contributed by atoms with Gasteiger partial charge in [0.25, 0.3) is 11.8 Å². The molecule has 194 valence electrons. The van der Waals surface area contributed by atoms with Gasteiger partial charge in [0.2, 0.25) is 0 Å². The van der Waals surface area contributed by atoms with Gasteiger partial charge in [0, 0.05) is 49.1 Å². The summed E-state index contributed by atoms with van der Waals surface area (Å²) in [6.45, 7) is 5.25. The number of carbonyl (C=O) groups excluding carboxylic acids is 2. The summed E-state index contributed by atoms with van der Waals surface area (Å²) in [5.74, 6) is 0.599. The molecule has 0 atom stereocenters. The molecular formula is C26H28N4O4S3. The van der Waals surface area contributed by atoms with Crippen molar-refractivity contribution in [2.75, 3.05) is 25.1 Å². The Kier molecular flexibility index (Phi) is 8.78. The summed E-state index contributed by atoms with van der Waals surface area (Å²) >= 11 is 2.96. The van der Waals surface area contributed by atoms with Gasteiger partial charge in [-0.05, 0) is 42.7 Å². The monoisotopic (exact) mass is 556 g/mol. The number of nitrogens with zero attached hydrogens (tertiary/aromatic N) is 3. The maximum Gasteiger partial charge on any atom is 0.271 e. The highest BCUT2D eigenvalue weighted by molar-refractivity contribution is 7.99. The summed E-state index contributed by atoms with van der Waals surface area (Å²) in [4.78, 5) is 36.8. The lowest BCUT2D eigenvalue weighted by molar-refractivity contribution is 0.0708. The second kappa shape index (κ2) is 12.0. The Morgan fingerprint density at radius 1 is 1.22 bits per heavy atom. The number of piperidine rings is 1. The van der Waals surface area contributed by atoms with Gasteiger partial charge in [-0.1, -0.05) is 18.2 Å². The van der Waals surface area contributed by atoms with Crippen LogP contribution in [0.4, 0.5) is 0 Å². The molecule has 0 unspecified atom stereocenters. The molecule has 0 aliphatic carbocycles. The summed E-state index contributed by atoms with van der Waals surface area (Å²) in [6, 6.07) is 10.0. The van der Waals surface area contributed by atoms with E-state index in [0.29, 0.717) is 30.1 Å². The van der Waals surface area contributed by atoms with Gasteiger partial charge < -0.3 is 10.2 Å². The van der Waals surface area contributed by atoms with Crippen LogP contribution >= 0.6 is 23.1 Å². The van der Waals surface area contributed by atoms with Gasteiger partial charge in [0.05, 0.1) is 15.5 Å². The third-order valence-corrected chi connectivity index (χ3v) is 9.17. The van der Waals surface area contributed by atoms with Crippen LogP contribution in [-0.4, -0.2) is 60.2 Å². The molecule has 3 aromatic rings. The van der Waals surface area contributed by atoms with E-state index in [-0.39, 0.29) is 29.2 Å². The minimum atomic E-state index is -3.25. The normalized spacial score (nSPS) is 14.4. The van der Waals surface area contributed by atoms with E-state index in [2.05, 4.69) is 21.9 Å². The Hall–Kier alpha value is -3.02. The van der Waals surface area contributed by atoms with Crippen LogP contribution in [0.2, 0.25) is 0 Å². The van der Waals surface area contributed by atoms with E-state index in [0.717, 1.165) is 34.7 Å². The molecular weight excluding hydrogens is 529 g/mol. The number of sulfone groups is 1. The zero-order chi connectivity index (χ0) is 26.4. The topological polar surface area (TPSA) is 109 Å². The van der Waals surface area contributed by atoms with E-state index < -0.39 is 9.84 Å². The number of aromatic nitrogens is 2. The third kappa shape index (κ3) is 6.85. The average molecular weight is 557 g/mol. The standard InChI is InChI=1S/C26H28N4O4S3/c1-3-15-35-25-21(5-4-12-27-25)26(32)30-13-10-19(11-14-30)24-29-22(17-36-24)23(31)28-16-18-6-8-20(9-7-18)37(2,33)34/h3-9,12,17,19H,1,10-11,13-16H2,2H3,(H,28,31). The molecule has 4 rings (SSSR count). The number of likely N-dealkylation sites (tertiary alicyclic amines) is 1. The molecule has 0 spiro atoms. The highest BCUT2D eigenvalue weighted by Gasteiger charge is 2.28. The predicted octanol–water partition coefficient (Wildman–Crippen LogP) is 4.17. The van der Waals surface area contributed by atoms with Crippen LogP contribution in [0.3, 0.4) is 0 Å². The van der Waals surface area contributed by atoms with Crippen LogP contribution in [0.25, 0.3) is 0 Å². The Bertz CT molecular complexity index is 1380. The number of hydrogen-bond donors (Lipinski definition) is 1. The molecule has 11 heteroatoms. The molecule has 1 aliphatic heterocycles. The summed E-state index contributed by atoms with van der Waals surface area (Å²) in [5.41, 5.74) is 1.78. The quantitative estimate of drug-likeness (QED) is 0.311. The molecule has 1 fully saturated rings. The number of thiazole rings is 1. The summed E-state index contributed by atoms with van der Waals surface area (Å²) in [5, 5.41) is 6.22. The largest absolute Gasteiger partial charge is 0.347 e. The lowest BCUT2D eigenvalue weighted by Crippen LogP contribution is -2.38. The summed E-state index contributed by atoms with van der Waals surface area (Å²) in [6.07, 6.45) is 6.20. The molecule has 0 radical (unpaired) electrons. The molecule has 0 saturated carbocycles. The summed E-state index contributed by atoms with van der Waals surface area (Å²) in [7, 11) is -3.25. The van der Waals surface area contributed by atoms with Gasteiger partial charge in [0.15, 0.2) is 9.84 Å². The van der Waals surface area contributed by atoms with Crippen molar-refractivity contribution in [1.82, 2.24) is 20.2 Å². The maximum absolute atomic E-state index is 13.1. The SMILES string of the molecule is C=CCSc1ncccc1C(=O)N1CCC(c2nc(C(=O)NCc3ccc(S(C)(=O)=O)cc3)cs2)CC1. The van der Waals surface area contributed by atoms with Crippen LogP contribution in [-0.2, 0) is 16.4 Å². The fourth-order valence-electron chi connectivity index (χ4n) is 4.01. The molecule has 37 heavy (non-hydrogen) atoms. The van der Waals surface area contributed by atoms with Crippen molar-refractivity contribution in [2.24, 2.45) is 0 Å². The molecule has 8 nitrogen and oxygen atoms in total. The number of thioether (sulfide) groups is 1. The fourth-order valence-corrected chi connectivity index (χ4v) is 6.34. The first-order valence-electron chi connectivity index (χ1n) is 11.8. The van der Waals surface area contributed by atoms with Crippen molar-refractivity contribution < 1.29 is 18.0 Å². The van der Waals surface area contributed by atoms with Gasteiger partial charge in [-0.3, -0.25) is 9.59 Å². The molecule has 2 amide bonds. The molecule has 0 bridgehead atoms. The minimum absolute atomic E-state index is 0.0121. The van der Waals surface area contributed by atoms with E-state index in [1.165, 1.54) is 35.2 Å². The Morgan fingerprint density at radius 3 is 2.62 bits per heavy atom. The Morgan fingerprint density at radius 2 is 1.95 bits per heavy atom. The summed E-state index contributed by atoms with van der Waals surface area (Å²) < 4.78 is 23.2. The lowest BCUT2D eigenvalue weighted by Gasteiger charge is -2.31. The van der Waals surface area contributed by atoms with Crippen molar-refractivity contribution >= 4 is 44.8 Å². The fraction of sp³-hybridized carbons (Fsp3) is 0.308. The Labute approximate surface area is 225 Å². The van der Waals surface area contributed by atoms with E-state index in [1.807, 2.05) is 11.0 Å². The highest BCUT2D eigenvalue weighted by Crippen LogP contribution is 2.31. The number of pyridine rings is 1. The number of hydrogen-bond acceptors (Lipinski definition) is 8. The second-order valence-electron chi connectivity index (χ2n) is 8.69. The van der Waals surface area contributed by atoms with Crippen LogP contribution in [0.1, 0.15) is 50.2 Å². The van der Waals surface area contributed by atoms with E-state index in [9.17, 15) is 18.0 Å². The number of amides is 2. The molecule has 2 aromatic heterocycles. The average Bonchev–Trinajstić information content (AvgIpc) is 3.41. The maximum atomic E-state index is 13.1. The third-order valence-electron chi connectivity index (χ3n) is 6.03. The van der Waals surface area contributed by atoms with Crippen molar-refractivity contribution in [3.05, 3.63) is 82.5 Å². The second-order valence-corrected chi connectivity index (χ2v) is 12.6. The first-order valence-corrected chi connectivity index (χ1v) is 15.5. The number of rotatable bonds is 9. The smallest absolute Gasteiger partial charge is 0.271 e. The minimum Gasteiger partial charge on any atom is -0.347 e. The number of carbonyl (C=O) groups is 2. The first kappa shape index (κ1) is 27.0. The van der Waals surface area contributed by atoms with E-state index in [4.69, 9.17) is 0 Å².